The maximum absolute atomic E-state index is 11.3. The molecule has 0 radical (unpaired) electrons. The number of rotatable bonds is 16. The molecule has 1 saturated heterocycles. The summed E-state index contributed by atoms with van der Waals surface area (Å²) in [6.07, 6.45) is 1.78. The van der Waals surface area contributed by atoms with E-state index in [9.17, 15) is 52.7 Å². The predicted octanol–water partition coefficient (Wildman–Crippen LogP) is 13.6. The first-order valence-corrected chi connectivity index (χ1v) is 45.7. The number of para-hydroxylation sites is 3. The average Bonchev–Trinajstić information content (AvgIpc) is 1.62. The van der Waals surface area contributed by atoms with Gasteiger partial charge in [0.1, 0.15) is 65.3 Å². The zero-order valence-electron chi connectivity index (χ0n) is 79.8. The number of hydrogen-bond donors (Lipinski definition) is 21. The first-order chi connectivity index (χ1) is 65.5. The van der Waals surface area contributed by atoms with Gasteiger partial charge in [-0.2, -0.15) is 46.3 Å². The van der Waals surface area contributed by atoms with E-state index in [2.05, 4.69) is 249 Å². The standard InChI is InChI=1S/2C16H15NO2.3C8H10.3C7H6O3.2C6H12N2O2S.C5H9NO3S.C4H8O.2CH5N.H2O4S/c2*1-17-16(18)19-10-15-13-8-4-2-6-11(13)12-7-3-5-9-14(12)15;3*1-7-5-3-4-6-8(7)2;3*8-6-4-2-1-3-5(6)7(9)10;2*1-4(9)8-5(3-11)6(10)7-2;1-3(7)6-4(2-10)5(8)9;1-2-4-5-3-1;2*1-2;1-5(2,3)4/h2*2-9,15H,10H2,1H3,(H,17,18);3*3-6H,1-2H3;3*1-4,8H,(H,9,10);2*5,11H,3H2,1-2H3,(H,7,10)(H,8,9);4,10H,2H2,1H3,(H,6,7)(H,8,9);1-4H2;2*2H2,1H3;(H2,1,2,3,4). The SMILES string of the molecule is C1CCOC1.CC(=O)NC(CS)C(=O)O.CN.CN.CNC(=O)C(CS)NC(C)=O.CNC(=O)C(CS)NC(C)=O.CNC(=O)OCC1c2ccccc2-c2ccccc21.CNC(=O)OCC1c2ccccc2-c2ccccc21.Cc1ccccc1C.Cc1ccccc1C.Cc1ccccc1C.O=C(O)c1ccccc1O.O=C(O)c1ccccc1O.O=C(O)c1ccccc1O.O=S(=O)(O)O. The van der Waals surface area contributed by atoms with Gasteiger partial charge in [0.2, 0.25) is 29.5 Å². The second-order valence-corrected chi connectivity index (χ2v) is 30.5. The van der Waals surface area contributed by atoms with Crippen LogP contribution >= 0.6 is 37.9 Å². The van der Waals surface area contributed by atoms with Crippen molar-refractivity contribution < 1.29 is 120 Å². The molecule has 3 unspecified atom stereocenters. The zero-order chi connectivity index (χ0) is 105. The summed E-state index contributed by atoms with van der Waals surface area (Å²) in [6.45, 7) is 19.4. The summed E-state index contributed by atoms with van der Waals surface area (Å²) in [4.78, 5) is 117. The Kier molecular flexibility index (Phi) is 66.4. The summed E-state index contributed by atoms with van der Waals surface area (Å²) < 4.78 is 47.0. The van der Waals surface area contributed by atoms with Gasteiger partial charge in [-0.3, -0.25) is 33.1 Å². The molecule has 10 aromatic rings. The molecule has 0 saturated carbocycles. The van der Waals surface area contributed by atoms with Crippen molar-refractivity contribution in [1.29, 1.82) is 0 Å². The van der Waals surface area contributed by atoms with Crippen LogP contribution in [-0.2, 0) is 53.4 Å². The van der Waals surface area contributed by atoms with Gasteiger partial charge in [0, 0.05) is 91.3 Å². The Morgan fingerprint density at radius 3 is 0.710 bits per heavy atom. The number of ether oxygens (including phenoxy) is 3. The molecule has 1 heterocycles. The number of nitrogens with two attached hydrogens (primary N) is 2. The molecule has 3 aliphatic rings. The lowest BCUT2D eigenvalue weighted by atomic mass is 9.98. The van der Waals surface area contributed by atoms with Crippen LogP contribution in [0.5, 0.6) is 17.2 Å². The minimum absolute atomic E-state index is 0.0671. The Labute approximate surface area is 823 Å². The third-order valence-corrected chi connectivity index (χ3v) is 19.8. The summed E-state index contributed by atoms with van der Waals surface area (Å²) in [6, 6.07) is 73.7. The number of amides is 7. The van der Waals surface area contributed by atoms with Crippen LogP contribution in [0.4, 0.5) is 9.59 Å². The number of aliphatic carboxylic acids is 1. The zero-order valence-corrected chi connectivity index (χ0v) is 83.3. The molecular weight excluding hydrogens is 1860 g/mol. The van der Waals surface area contributed by atoms with E-state index in [1.165, 1.54) is 176 Å². The van der Waals surface area contributed by atoms with Crippen LogP contribution in [0, 0.1) is 41.5 Å². The van der Waals surface area contributed by atoms with Crippen molar-refractivity contribution in [3.05, 3.63) is 315 Å². The maximum atomic E-state index is 11.3. The number of aryl methyl sites for hydroxylation is 6. The molecule has 1 aliphatic heterocycles. The minimum atomic E-state index is -4.67. The highest BCUT2D eigenvalue weighted by atomic mass is 32.3. The molecule has 34 nitrogen and oxygen atoms in total. The molecule has 38 heteroatoms. The summed E-state index contributed by atoms with van der Waals surface area (Å²) >= 11 is 11.5. The van der Waals surface area contributed by atoms with E-state index >= 15 is 0 Å². The fraction of sp³-hybridized carbons (Fsp3) is 0.290. The number of thiol groups is 3. The predicted molar refractivity (Wildman–Crippen MR) is 546 cm³/mol. The highest BCUT2D eigenvalue weighted by molar-refractivity contribution is 7.80. The maximum Gasteiger partial charge on any atom is 0.406 e. The molecule has 7 amide bonds. The van der Waals surface area contributed by atoms with Crippen molar-refractivity contribution in [2.75, 3.05) is 86.0 Å². The first kappa shape index (κ1) is 126. The van der Waals surface area contributed by atoms with E-state index in [1.54, 1.807) is 50.5 Å². The van der Waals surface area contributed by atoms with Crippen molar-refractivity contribution in [1.82, 2.24) is 37.2 Å². The van der Waals surface area contributed by atoms with Gasteiger partial charge in [0.25, 0.3) is 0 Å². The third-order valence-electron chi connectivity index (χ3n) is 18.7. The topological polar surface area (TPSA) is 568 Å². The number of hydrogen-bond acceptors (Lipinski definition) is 24. The van der Waals surface area contributed by atoms with Crippen LogP contribution in [0.3, 0.4) is 0 Å². The molecule has 10 aromatic carbocycles. The molecule has 0 aromatic heterocycles. The summed E-state index contributed by atoms with van der Waals surface area (Å²) in [7, 11) is 4.50. The average molecular weight is 1990 g/mol. The number of likely N-dealkylation sites (N-methyl/N-ethyl adjacent to an activating group) is 2. The van der Waals surface area contributed by atoms with Crippen molar-refractivity contribution >= 4 is 114 Å². The lowest BCUT2D eigenvalue weighted by molar-refractivity contribution is -0.140. The van der Waals surface area contributed by atoms with Crippen LogP contribution in [0.25, 0.3) is 22.3 Å². The summed E-state index contributed by atoms with van der Waals surface area (Å²) in [5.74, 6) is -5.30. The quantitative estimate of drug-likeness (QED) is 0.0315. The number of phenols is 3. The number of carboxylic acid groups (broad SMARTS) is 4. The molecule has 3 atom stereocenters. The molecule has 0 spiro atoms. The number of carbonyl (C=O) groups is 11. The number of nitrogens with one attached hydrogen (secondary N) is 7. The number of aromatic carboxylic acids is 3. The molecule has 20 N–H and O–H groups in total. The minimum Gasteiger partial charge on any atom is -0.507 e. The van der Waals surface area contributed by atoms with E-state index < -0.39 is 52.4 Å². The lowest BCUT2D eigenvalue weighted by Gasteiger charge is -2.13. The number of alkyl carbamates (subject to hydrolysis) is 2. The highest BCUT2D eigenvalue weighted by Gasteiger charge is 2.31. The van der Waals surface area contributed by atoms with E-state index in [4.69, 9.17) is 67.5 Å². The van der Waals surface area contributed by atoms with Crippen molar-refractivity contribution in [3.63, 3.8) is 0 Å². The van der Waals surface area contributed by atoms with Gasteiger partial charge in [0.05, 0.1) is 0 Å². The van der Waals surface area contributed by atoms with E-state index in [-0.39, 0.29) is 93.2 Å². The Morgan fingerprint density at radius 2 is 0.558 bits per heavy atom. The van der Waals surface area contributed by atoms with Gasteiger partial charge in [-0.1, -0.05) is 206 Å². The number of fused-ring (bicyclic) bond motifs is 6. The third kappa shape index (κ3) is 52.3. The van der Waals surface area contributed by atoms with Crippen molar-refractivity contribution in [2.45, 2.75) is 105 Å². The second kappa shape index (κ2) is 72.6. The van der Waals surface area contributed by atoms with Gasteiger partial charge >= 0.3 is 46.5 Å². The largest absolute Gasteiger partial charge is 0.507 e. The van der Waals surface area contributed by atoms with Crippen LogP contribution in [-0.4, -0.2) is 223 Å². The van der Waals surface area contributed by atoms with Crippen molar-refractivity contribution in [3.8, 4) is 39.5 Å². The highest BCUT2D eigenvalue weighted by Crippen LogP contribution is 2.46. The monoisotopic (exact) mass is 1990 g/mol. The number of carbonyl (C=O) groups excluding carboxylic acids is 7. The van der Waals surface area contributed by atoms with Gasteiger partial charge < -0.3 is 98.6 Å². The Bertz CT molecular complexity index is 4950. The van der Waals surface area contributed by atoms with Gasteiger partial charge in [0.15, 0.2) is 0 Å². The fourth-order valence-electron chi connectivity index (χ4n) is 11.5. The number of carboxylic acids is 4. The van der Waals surface area contributed by atoms with E-state index in [1.807, 2.05) is 48.5 Å². The molecule has 0 bridgehead atoms. The van der Waals surface area contributed by atoms with Crippen LogP contribution < -0.4 is 48.7 Å². The molecule has 13 rings (SSSR count). The van der Waals surface area contributed by atoms with Gasteiger partial charge in [-0.05, 0) is 183 Å². The molecule has 138 heavy (non-hydrogen) atoms. The second-order valence-electron chi connectivity index (χ2n) is 28.5. The van der Waals surface area contributed by atoms with E-state index in [0.29, 0.717) is 24.7 Å². The first-order valence-electron chi connectivity index (χ1n) is 42.4. The molecular formula is C100H131N9O25S4. The molecule has 750 valence electrons. The number of aromatic hydroxyl groups is 3. The smallest absolute Gasteiger partial charge is 0.406 e. The van der Waals surface area contributed by atoms with Crippen LogP contribution in [0.2, 0.25) is 0 Å². The summed E-state index contributed by atoms with van der Waals surface area (Å²) in [5, 5.41) is 77.2. The van der Waals surface area contributed by atoms with Gasteiger partial charge in [-0.25, -0.2) is 28.8 Å². The lowest BCUT2D eigenvalue weighted by Crippen LogP contribution is -2.46. The Balaban J connectivity index is 0. The van der Waals surface area contributed by atoms with Crippen molar-refractivity contribution in [2.24, 2.45) is 11.5 Å². The number of benzene rings is 10. The Hall–Kier alpha value is -13.8. The van der Waals surface area contributed by atoms with Crippen LogP contribution in [0.1, 0.15) is 132 Å². The molecule has 1 fully saturated rings. The Morgan fingerprint density at radius 1 is 0.355 bits per heavy atom. The molecule has 2 aliphatic carbocycles. The fourth-order valence-corrected chi connectivity index (χ4v) is 12.2. The van der Waals surface area contributed by atoms with E-state index in [0.717, 1.165) is 13.2 Å². The summed E-state index contributed by atoms with van der Waals surface area (Å²) in [5.41, 5.74) is 26.9. The normalized spacial score (nSPS) is 11.3. The van der Waals surface area contributed by atoms with Gasteiger partial charge in [-0.15, -0.1) is 0 Å². The van der Waals surface area contributed by atoms with Crippen LogP contribution in [0.15, 0.2) is 243 Å².